The van der Waals surface area contributed by atoms with E-state index >= 15 is 0 Å². The second-order valence-corrected chi connectivity index (χ2v) is 9.77. The Kier molecular flexibility index (Phi) is 8.10. The van der Waals surface area contributed by atoms with Crippen molar-refractivity contribution in [3.05, 3.63) is 59.7 Å². The number of primary sulfonamides is 1. The average Bonchev–Trinajstić information content (AvgIpc) is 2.81. The normalized spacial score (nSPS) is 18.8. The van der Waals surface area contributed by atoms with E-state index in [0.717, 1.165) is 24.0 Å². The first kappa shape index (κ1) is 24.7. The number of likely N-dealkylation sites (tertiary alicyclic amines) is 1. The van der Waals surface area contributed by atoms with Crippen LogP contribution in [0.1, 0.15) is 49.8 Å². The van der Waals surface area contributed by atoms with Crippen LogP contribution in [0, 0.1) is 5.92 Å². The summed E-state index contributed by atoms with van der Waals surface area (Å²) >= 11 is 0. The van der Waals surface area contributed by atoms with Gasteiger partial charge in [0.2, 0.25) is 21.8 Å². The first-order valence-corrected chi connectivity index (χ1v) is 12.6. The third kappa shape index (κ3) is 6.11. The number of ether oxygens (including phenoxy) is 1. The number of nitrogens with one attached hydrogen (secondary N) is 1. The van der Waals surface area contributed by atoms with Crippen LogP contribution in [0.15, 0.2) is 53.4 Å². The number of unbranched alkanes of at least 4 members (excludes halogenated alkanes) is 1. The summed E-state index contributed by atoms with van der Waals surface area (Å²) in [4.78, 5) is 27.9. The lowest BCUT2D eigenvalue weighted by molar-refractivity contribution is -0.143. The van der Waals surface area contributed by atoms with Gasteiger partial charge in [0.05, 0.1) is 24.0 Å². The Bertz CT molecular complexity index is 1070. The van der Waals surface area contributed by atoms with Crippen LogP contribution in [0.3, 0.4) is 0 Å². The van der Waals surface area contributed by atoms with E-state index in [9.17, 15) is 18.0 Å². The summed E-state index contributed by atoms with van der Waals surface area (Å²) in [6.45, 7) is 2.92. The highest BCUT2D eigenvalue weighted by Crippen LogP contribution is 2.37. The molecule has 0 aromatic heterocycles. The molecule has 178 valence electrons. The molecule has 1 aliphatic heterocycles. The number of carbonyl (C=O) groups excluding carboxylic acids is 2. The molecule has 0 bridgehead atoms. The average molecular weight is 474 g/mol. The van der Waals surface area contributed by atoms with Crippen molar-refractivity contribution >= 4 is 21.8 Å². The van der Waals surface area contributed by atoms with Crippen molar-refractivity contribution in [1.29, 1.82) is 0 Å². The van der Waals surface area contributed by atoms with Crippen LogP contribution in [0.5, 0.6) is 5.75 Å². The van der Waals surface area contributed by atoms with Crippen LogP contribution in [-0.2, 0) is 26.2 Å². The van der Waals surface area contributed by atoms with Crippen molar-refractivity contribution in [3.63, 3.8) is 0 Å². The van der Waals surface area contributed by atoms with Gasteiger partial charge in [-0.05, 0) is 48.2 Å². The molecular formula is C24H31N3O5S. The monoisotopic (exact) mass is 473 g/mol. The smallest absolute Gasteiger partial charge is 0.238 e. The summed E-state index contributed by atoms with van der Waals surface area (Å²) in [6, 6.07) is 13.2. The Morgan fingerprint density at radius 2 is 1.82 bits per heavy atom. The fourth-order valence-corrected chi connectivity index (χ4v) is 4.67. The predicted molar refractivity (Wildman–Crippen MR) is 125 cm³/mol. The summed E-state index contributed by atoms with van der Waals surface area (Å²) in [6.07, 6.45) is 2.61. The van der Waals surface area contributed by atoms with Gasteiger partial charge < -0.3 is 15.0 Å². The molecule has 1 saturated heterocycles. The molecule has 0 radical (unpaired) electrons. The third-order valence-corrected chi connectivity index (χ3v) is 6.90. The lowest BCUT2D eigenvalue weighted by atomic mass is 9.83. The van der Waals surface area contributed by atoms with Crippen molar-refractivity contribution in [2.45, 2.75) is 50.1 Å². The highest BCUT2D eigenvalue weighted by Gasteiger charge is 2.40. The summed E-state index contributed by atoms with van der Waals surface area (Å²) < 4.78 is 28.1. The van der Waals surface area contributed by atoms with Crippen LogP contribution in [0.25, 0.3) is 0 Å². The highest BCUT2D eigenvalue weighted by molar-refractivity contribution is 7.89. The Morgan fingerprint density at radius 3 is 2.39 bits per heavy atom. The minimum atomic E-state index is -3.76. The standard InChI is InChI=1S/C24H31N3O5S/c1-3-4-15-27-22(28)14-13-21(23(27)18-7-9-19(32-2)10-8-18)24(29)26-16-17-5-11-20(12-6-17)33(25,30)31/h5-12,21,23H,3-4,13-16H2,1-2H3,(H,26,29)(H2,25,30,31). The molecule has 3 N–H and O–H groups in total. The van der Waals surface area contributed by atoms with Crippen molar-refractivity contribution in [1.82, 2.24) is 10.2 Å². The molecule has 2 unspecified atom stereocenters. The number of nitrogens with two attached hydrogens (primary N) is 1. The first-order valence-electron chi connectivity index (χ1n) is 11.1. The van der Waals surface area contributed by atoms with E-state index in [-0.39, 0.29) is 29.3 Å². The van der Waals surface area contributed by atoms with Gasteiger partial charge in [-0.2, -0.15) is 0 Å². The van der Waals surface area contributed by atoms with Crippen molar-refractivity contribution in [3.8, 4) is 5.75 Å². The fourth-order valence-electron chi connectivity index (χ4n) is 4.15. The van der Waals surface area contributed by atoms with E-state index in [0.29, 0.717) is 25.1 Å². The Morgan fingerprint density at radius 1 is 1.15 bits per heavy atom. The number of hydrogen-bond acceptors (Lipinski definition) is 5. The van der Waals surface area contributed by atoms with Gasteiger partial charge in [0, 0.05) is 19.5 Å². The number of benzene rings is 2. The van der Waals surface area contributed by atoms with Crippen LogP contribution < -0.4 is 15.2 Å². The van der Waals surface area contributed by atoms with Gasteiger partial charge in [0.15, 0.2) is 0 Å². The van der Waals surface area contributed by atoms with Gasteiger partial charge >= 0.3 is 0 Å². The van der Waals surface area contributed by atoms with Crippen molar-refractivity contribution < 1.29 is 22.7 Å². The zero-order chi connectivity index (χ0) is 24.0. The van der Waals surface area contributed by atoms with Gasteiger partial charge in [0.25, 0.3) is 0 Å². The van der Waals surface area contributed by atoms with E-state index in [2.05, 4.69) is 12.2 Å². The Labute approximate surface area is 195 Å². The third-order valence-electron chi connectivity index (χ3n) is 5.97. The van der Waals surface area contributed by atoms with Gasteiger partial charge in [-0.15, -0.1) is 0 Å². The molecule has 0 saturated carbocycles. The van der Waals surface area contributed by atoms with Crippen LogP contribution in [0.2, 0.25) is 0 Å². The minimum Gasteiger partial charge on any atom is -0.497 e. The van der Waals surface area contributed by atoms with Crippen LogP contribution >= 0.6 is 0 Å². The molecule has 3 rings (SSSR count). The summed E-state index contributed by atoms with van der Waals surface area (Å²) in [5, 5.41) is 8.09. The molecule has 2 atom stereocenters. The Balaban J connectivity index is 1.79. The predicted octanol–water partition coefficient (Wildman–Crippen LogP) is 2.74. The van der Waals surface area contributed by atoms with Gasteiger partial charge in [-0.3, -0.25) is 9.59 Å². The van der Waals surface area contributed by atoms with E-state index in [1.807, 2.05) is 29.2 Å². The summed E-state index contributed by atoms with van der Waals surface area (Å²) in [5.74, 6) is 0.244. The van der Waals surface area contributed by atoms with E-state index < -0.39 is 15.9 Å². The Hall–Kier alpha value is -2.91. The molecule has 1 fully saturated rings. The second kappa shape index (κ2) is 10.8. The first-order chi connectivity index (χ1) is 15.7. The van der Waals surface area contributed by atoms with E-state index in [1.54, 1.807) is 19.2 Å². The van der Waals surface area contributed by atoms with E-state index in [4.69, 9.17) is 9.88 Å². The molecule has 2 aromatic carbocycles. The summed E-state index contributed by atoms with van der Waals surface area (Å²) in [7, 11) is -2.17. The zero-order valence-electron chi connectivity index (χ0n) is 19.0. The quantitative estimate of drug-likeness (QED) is 0.580. The van der Waals surface area contributed by atoms with Gasteiger partial charge in [-0.25, -0.2) is 13.6 Å². The lowest BCUT2D eigenvalue weighted by Gasteiger charge is -2.41. The lowest BCUT2D eigenvalue weighted by Crippen LogP contribution is -2.48. The summed E-state index contributed by atoms with van der Waals surface area (Å²) in [5.41, 5.74) is 1.66. The van der Waals surface area contributed by atoms with Crippen molar-refractivity contribution in [2.75, 3.05) is 13.7 Å². The van der Waals surface area contributed by atoms with Crippen molar-refractivity contribution in [2.24, 2.45) is 11.1 Å². The highest BCUT2D eigenvalue weighted by atomic mass is 32.2. The molecule has 8 nitrogen and oxygen atoms in total. The molecule has 9 heteroatoms. The molecule has 2 aromatic rings. The van der Waals surface area contributed by atoms with E-state index in [1.165, 1.54) is 12.1 Å². The maximum atomic E-state index is 13.2. The van der Waals surface area contributed by atoms with Gasteiger partial charge in [0.1, 0.15) is 5.75 Å². The number of amides is 2. The maximum absolute atomic E-state index is 13.2. The zero-order valence-corrected chi connectivity index (χ0v) is 19.8. The molecular weight excluding hydrogens is 442 g/mol. The largest absolute Gasteiger partial charge is 0.497 e. The van der Waals surface area contributed by atoms with Gasteiger partial charge in [-0.1, -0.05) is 37.6 Å². The molecule has 2 amide bonds. The number of methoxy groups -OCH3 is 1. The number of piperidine rings is 1. The minimum absolute atomic E-state index is 0.0227. The number of rotatable bonds is 9. The SMILES string of the molecule is CCCCN1C(=O)CCC(C(=O)NCc2ccc(S(N)(=O)=O)cc2)C1c1ccc(OC)cc1. The topological polar surface area (TPSA) is 119 Å². The molecule has 0 spiro atoms. The fraction of sp³-hybridized carbons (Fsp3) is 0.417. The van der Waals surface area contributed by atoms with Crippen LogP contribution in [-0.4, -0.2) is 38.8 Å². The molecule has 1 aliphatic rings. The molecule has 1 heterocycles. The maximum Gasteiger partial charge on any atom is 0.238 e. The number of hydrogen-bond donors (Lipinski definition) is 2. The van der Waals surface area contributed by atoms with Crippen LogP contribution in [0.4, 0.5) is 0 Å². The second-order valence-electron chi connectivity index (χ2n) is 8.21. The molecule has 0 aliphatic carbocycles. The molecule has 33 heavy (non-hydrogen) atoms. The number of nitrogens with zero attached hydrogens (tertiary/aromatic N) is 1. The number of sulfonamides is 1. The number of carbonyl (C=O) groups is 2.